The smallest absolute Gasteiger partial charge is 0.216 e. The molecule has 3 rings (SSSR count). The summed E-state index contributed by atoms with van der Waals surface area (Å²) in [5.41, 5.74) is 2.36. The average molecular weight is 237 g/mol. The number of benzene rings is 2. The molecule has 2 aromatic rings. The van der Waals surface area contributed by atoms with Gasteiger partial charge in [0.1, 0.15) is 6.10 Å². The van der Waals surface area contributed by atoms with Gasteiger partial charge in [0.25, 0.3) is 0 Å². The van der Waals surface area contributed by atoms with Crippen LogP contribution in [0.15, 0.2) is 65.7 Å². The second kappa shape index (κ2) is 5.05. The van der Waals surface area contributed by atoms with Crippen molar-refractivity contribution >= 4 is 5.90 Å². The highest BCUT2D eigenvalue weighted by molar-refractivity contribution is 5.95. The predicted molar refractivity (Wildman–Crippen MR) is 72.9 cm³/mol. The molecule has 0 amide bonds. The fourth-order valence-electron chi connectivity index (χ4n) is 2.14. The zero-order valence-corrected chi connectivity index (χ0v) is 10.1. The lowest BCUT2D eigenvalue weighted by Crippen LogP contribution is -2.16. The van der Waals surface area contributed by atoms with Gasteiger partial charge in [-0.05, 0) is 17.7 Å². The first kappa shape index (κ1) is 11.0. The lowest BCUT2D eigenvalue weighted by atomic mass is 10.1. The van der Waals surface area contributed by atoms with Gasteiger partial charge >= 0.3 is 0 Å². The fraction of sp³-hybridized carbons (Fsp3) is 0.188. The van der Waals surface area contributed by atoms with E-state index in [1.807, 2.05) is 36.4 Å². The van der Waals surface area contributed by atoms with Crippen LogP contribution >= 0.6 is 0 Å². The third kappa shape index (κ3) is 2.43. The Balaban J connectivity index is 1.65. The Morgan fingerprint density at radius 2 is 1.61 bits per heavy atom. The summed E-state index contributed by atoms with van der Waals surface area (Å²) in [6, 6.07) is 20.5. The Bertz CT molecular complexity index is 534. The topological polar surface area (TPSA) is 21.6 Å². The van der Waals surface area contributed by atoms with Crippen LogP contribution in [0.25, 0.3) is 0 Å². The van der Waals surface area contributed by atoms with Crippen LogP contribution in [0.5, 0.6) is 0 Å². The van der Waals surface area contributed by atoms with Crippen molar-refractivity contribution in [2.75, 3.05) is 6.54 Å². The maximum Gasteiger partial charge on any atom is 0.216 e. The molecule has 0 aliphatic carbocycles. The summed E-state index contributed by atoms with van der Waals surface area (Å²) >= 11 is 0. The third-order valence-corrected chi connectivity index (χ3v) is 3.04. The van der Waals surface area contributed by atoms with Crippen molar-refractivity contribution in [1.82, 2.24) is 0 Å². The van der Waals surface area contributed by atoms with Crippen molar-refractivity contribution in [3.8, 4) is 0 Å². The number of nitrogens with zero attached hydrogens (tertiary/aromatic N) is 1. The Morgan fingerprint density at radius 1 is 0.944 bits per heavy atom. The van der Waals surface area contributed by atoms with Crippen molar-refractivity contribution in [1.29, 1.82) is 0 Å². The summed E-state index contributed by atoms with van der Waals surface area (Å²) in [7, 11) is 0. The molecular formula is C16H15NO. The van der Waals surface area contributed by atoms with E-state index in [2.05, 4.69) is 29.3 Å². The Hall–Kier alpha value is -2.09. The van der Waals surface area contributed by atoms with Gasteiger partial charge in [-0.25, -0.2) is 4.99 Å². The number of aliphatic imine (C=N–C) groups is 1. The first-order chi connectivity index (χ1) is 8.92. The van der Waals surface area contributed by atoms with Gasteiger partial charge < -0.3 is 4.74 Å². The van der Waals surface area contributed by atoms with Crippen molar-refractivity contribution in [2.45, 2.75) is 12.5 Å². The lowest BCUT2D eigenvalue weighted by molar-refractivity contribution is 0.225. The van der Waals surface area contributed by atoms with E-state index < -0.39 is 0 Å². The molecule has 0 unspecified atom stereocenters. The summed E-state index contributed by atoms with van der Waals surface area (Å²) in [5.74, 6) is 0.775. The largest absolute Gasteiger partial charge is 0.472 e. The predicted octanol–water partition coefficient (Wildman–Crippen LogP) is 3.07. The van der Waals surface area contributed by atoms with Crippen LogP contribution in [-0.2, 0) is 11.2 Å². The van der Waals surface area contributed by atoms with Gasteiger partial charge in [0, 0.05) is 12.0 Å². The third-order valence-electron chi connectivity index (χ3n) is 3.04. The minimum Gasteiger partial charge on any atom is -0.472 e. The van der Waals surface area contributed by atoms with Crippen LogP contribution in [0.2, 0.25) is 0 Å². The van der Waals surface area contributed by atoms with E-state index in [0.29, 0.717) is 0 Å². The summed E-state index contributed by atoms with van der Waals surface area (Å²) in [6.45, 7) is 0.749. The Kier molecular flexibility index (Phi) is 3.09. The van der Waals surface area contributed by atoms with Crippen molar-refractivity contribution in [3.05, 3.63) is 71.8 Å². The zero-order chi connectivity index (χ0) is 12.2. The second-order valence-electron chi connectivity index (χ2n) is 4.44. The van der Waals surface area contributed by atoms with Crippen LogP contribution < -0.4 is 0 Å². The molecule has 1 aliphatic rings. The maximum absolute atomic E-state index is 5.90. The van der Waals surface area contributed by atoms with E-state index in [-0.39, 0.29) is 6.10 Å². The number of hydrogen-bond acceptors (Lipinski definition) is 2. The molecule has 2 heteroatoms. The zero-order valence-electron chi connectivity index (χ0n) is 10.1. The molecule has 1 heterocycles. The van der Waals surface area contributed by atoms with Gasteiger partial charge in [0.05, 0.1) is 6.54 Å². The van der Waals surface area contributed by atoms with Crippen LogP contribution in [0.3, 0.4) is 0 Å². The summed E-state index contributed by atoms with van der Waals surface area (Å²) in [4.78, 5) is 4.48. The quantitative estimate of drug-likeness (QED) is 0.804. The van der Waals surface area contributed by atoms with Gasteiger partial charge in [0.2, 0.25) is 5.90 Å². The highest BCUT2D eigenvalue weighted by Gasteiger charge is 2.20. The van der Waals surface area contributed by atoms with Gasteiger partial charge in [-0.1, -0.05) is 48.5 Å². The van der Waals surface area contributed by atoms with E-state index in [4.69, 9.17) is 4.74 Å². The van der Waals surface area contributed by atoms with Gasteiger partial charge in [0.15, 0.2) is 0 Å². The summed E-state index contributed by atoms with van der Waals surface area (Å²) in [6.07, 6.45) is 1.09. The normalized spacial score (nSPS) is 18.2. The van der Waals surface area contributed by atoms with Crippen LogP contribution in [0.4, 0.5) is 0 Å². The molecular weight excluding hydrogens is 222 g/mol. The highest BCUT2D eigenvalue weighted by atomic mass is 16.5. The molecule has 0 saturated carbocycles. The molecule has 1 aliphatic heterocycles. The first-order valence-electron chi connectivity index (χ1n) is 6.22. The molecule has 0 spiro atoms. The molecule has 0 bridgehead atoms. The van der Waals surface area contributed by atoms with E-state index in [9.17, 15) is 0 Å². The van der Waals surface area contributed by atoms with Gasteiger partial charge in [-0.2, -0.15) is 0 Å². The van der Waals surface area contributed by atoms with Crippen molar-refractivity contribution < 1.29 is 4.74 Å². The molecule has 18 heavy (non-hydrogen) atoms. The molecule has 90 valence electrons. The fourth-order valence-corrected chi connectivity index (χ4v) is 2.14. The monoisotopic (exact) mass is 237 g/mol. The minimum atomic E-state index is 0.169. The summed E-state index contributed by atoms with van der Waals surface area (Å²) < 4.78 is 5.90. The molecule has 0 radical (unpaired) electrons. The summed E-state index contributed by atoms with van der Waals surface area (Å²) in [5, 5.41) is 0. The first-order valence-corrected chi connectivity index (χ1v) is 6.22. The Labute approximate surface area is 107 Å². The van der Waals surface area contributed by atoms with E-state index >= 15 is 0 Å². The van der Waals surface area contributed by atoms with Gasteiger partial charge in [-0.3, -0.25) is 0 Å². The van der Waals surface area contributed by atoms with Gasteiger partial charge in [-0.15, -0.1) is 0 Å². The van der Waals surface area contributed by atoms with Crippen LogP contribution in [0.1, 0.15) is 11.1 Å². The molecule has 1 atom stereocenters. The lowest BCUT2D eigenvalue weighted by Gasteiger charge is -2.11. The number of hydrogen-bond donors (Lipinski definition) is 0. The maximum atomic E-state index is 5.90. The van der Waals surface area contributed by atoms with E-state index in [1.165, 1.54) is 5.56 Å². The van der Waals surface area contributed by atoms with Crippen molar-refractivity contribution in [3.63, 3.8) is 0 Å². The van der Waals surface area contributed by atoms with E-state index in [1.54, 1.807) is 0 Å². The SMILES string of the molecule is c1ccc(C[C@H]2CN=C(c3ccccc3)O2)cc1. The number of rotatable bonds is 3. The molecule has 2 nitrogen and oxygen atoms in total. The number of ether oxygens (including phenoxy) is 1. The highest BCUT2D eigenvalue weighted by Crippen LogP contribution is 2.15. The van der Waals surface area contributed by atoms with E-state index in [0.717, 1.165) is 24.4 Å². The minimum absolute atomic E-state index is 0.169. The molecule has 0 fully saturated rings. The van der Waals surface area contributed by atoms with Crippen molar-refractivity contribution in [2.24, 2.45) is 4.99 Å². The molecule has 0 N–H and O–H groups in total. The van der Waals surface area contributed by atoms with Crippen LogP contribution in [-0.4, -0.2) is 18.5 Å². The molecule has 0 aromatic heterocycles. The standard InChI is InChI=1S/C16H15NO/c1-3-7-13(8-4-1)11-15-12-17-16(18-15)14-9-5-2-6-10-14/h1-10,15H,11-12H2/t15-/m0/s1. The second-order valence-corrected chi connectivity index (χ2v) is 4.44. The molecule has 2 aromatic carbocycles. The van der Waals surface area contributed by atoms with Crippen LogP contribution in [0, 0.1) is 0 Å². The molecule has 0 saturated heterocycles. The average Bonchev–Trinajstić information content (AvgIpc) is 2.89. The Morgan fingerprint density at radius 3 is 2.33 bits per heavy atom.